The average molecular weight is 183 g/mol. The molecule has 0 atom stereocenters. The number of hydrogen-bond acceptors (Lipinski definition) is 4. The third-order valence-electron chi connectivity index (χ3n) is 1.61. The van der Waals surface area contributed by atoms with Crippen LogP contribution in [0.3, 0.4) is 0 Å². The molecule has 0 aliphatic heterocycles. The molecule has 72 valence electrons. The van der Waals surface area contributed by atoms with Gasteiger partial charge in [0.05, 0.1) is 13.1 Å². The van der Waals surface area contributed by atoms with Crippen LogP contribution >= 0.6 is 0 Å². The van der Waals surface area contributed by atoms with Gasteiger partial charge in [-0.15, -0.1) is 0 Å². The molecular weight excluding hydrogens is 170 g/mol. The zero-order chi connectivity index (χ0) is 9.68. The summed E-state index contributed by atoms with van der Waals surface area (Å²) in [5.41, 5.74) is 5.33. The van der Waals surface area contributed by atoms with Crippen LogP contribution in [0.2, 0.25) is 0 Å². The minimum absolute atomic E-state index is 0.00945. The van der Waals surface area contributed by atoms with E-state index in [1.165, 1.54) is 0 Å². The number of carbonyl (C=O) groups is 1. The van der Waals surface area contributed by atoms with Gasteiger partial charge in [0, 0.05) is 13.5 Å². The second-order valence-electron chi connectivity index (χ2n) is 2.55. The summed E-state index contributed by atoms with van der Waals surface area (Å²) in [4.78, 5) is 14.8. The second kappa shape index (κ2) is 4.56. The summed E-state index contributed by atoms with van der Waals surface area (Å²) in [5, 5.41) is 6.57. The van der Waals surface area contributed by atoms with Crippen molar-refractivity contribution in [2.24, 2.45) is 5.73 Å². The van der Waals surface area contributed by atoms with Crippen molar-refractivity contribution in [1.82, 2.24) is 20.1 Å². The summed E-state index contributed by atoms with van der Waals surface area (Å²) in [7, 11) is 1.61. The average Bonchev–Trinajstić information content (AvgIpc) is 2.61. The first-order chi connectivity index (χ1) is 6.26. The van der Waals surface area contributed by atoms with Crippen molar-refractivity contribution in [2.75, 3.05) is 7.05 Å². The molecule has 0 aromatic carbocycles. The van der Waals surface area contributed by atoms with Crippen molar-refractivity contribution in [3.63, 3.8) is 0 Å². The quantitative estimate of drug-likeness (QED) is 0.618. The molecule has 0 aliphatic carbocycles. The molecule has 0 radical (unpaired) electrons. The lowest BCUT2D eigenvalue weighted by Crippen LogP contribution is -2.19. The summed E-state index contributed by atoms with van der Waals surface area (Å²) in [6.45, 7) is 0.861. The maximum Gasteiger partial charge on any atom is 0.221 e. The molecule has 0 fully saturated rings. The predicted molar refractivity (Wildman–Crippen MR) is 46.6 cm³/mol. The van der Waals surface area contributed by atoms with Crippen LogP contribution in [0.5, 0.6) is 0 Å². The van der Waals surface area contributed by atoms with Gasteiger partial charge in [-0.05, 0) is 0 Å². The summed E-state index contributed by atoms with van der Waals surface area (Å²) in [5.74, 6) is 0.585. The van der Waals surface area contributed by atoms with E-state index in [0.29, 0.717) is 25.3 Å². The van der Waals surface area contributed by atoms with E-state index in [-0.39, 0.29) is 5.91 Å². The topological polar surface area (TPSA) is 85.8 Å². The lowest BCUT2D eigenvalue weighted by molar-refractivity contribution is -0.120. The van der Waals surface area contributed by atoms with Crippen molar-refractivity contribution in [1.29, 1.82) is 0 Å². The van der Waals surface area contributed by atoms with E-state index >= 15 is 0 Å². The molecule has 0 saturated heterocycles. The Labute approximate surface area is 76.1 Å². The number of aromatic nitrogens is 3. The van der Waals surface area contributed by atoms with E-state index in [1.807, 2.05) is 0 Å². The number of hydrogen-bond donors (Lipinski definition) is 2. The molecule has 1 aromatic rings. The first kappa shape index (κ1) is 9.66. The lowest BCUT2D eigenvalue weighted by Gasteiger charge is -1.98. The monoisotopic (exact) mass is 183 g/mol. The molecule has 1 rings (SSSR count). The molecule has 1 amide bonds. The zero-order valence-electron chi connectivity index (χ0n) is 7.53. The molecule has 6 heteroatoms. The number of aryl methyl sites for hydroxylation is 1. The molecule has 1 heterocycles. The third-order valence-corrected chi connectivity index (χ3v) is 1.61. The lowest BCUT2D eigenvalue weighted by atomic mass is 10.4. The molecule has 1 aromatic heterocycles. The van der Waals surface area contributed by atoms with Crippen molar-refractivity contribution in [3.8, 4) is 0 Å². The van der Waals surface area contributed by atoms with Gasteiger partial charge in [-0.25, -0.2) is 4.98 Å². The third kappa shape index (κ3) is 2.83. The van der Waals surface area contributed by atoms with Gasteiger partial charge in [-0.1, -0.05) is 0 Å². The maximum atomic E-state index is 10.9. The number of carbonyl (C=O) groups excluding carboxylic acids is 1. The predicted octanol–water partition coefficient (Wildman–Crippen LogP) is -1.13. The van der Waals surface area contributed by atoms with Crippen LogP contribution in [0.1, 0.15) is 12.2 Å². The Kier molecular flexibility index (Phi) is 3.39. The molecule has 3 N–H and O–H groups in total. The van der Waals surface area contributed by atoms with Crippen molar-refractivity contribution >= 4 is 5.91 Å². The number of nitrogens with one attached hydrogen (secondary N) is 1. The van der Waals surface area contributed by atoms with Gasteiger partial charge in [0.25, 0.3) is 0 Å². The smallest absolute Gasteiger partial charge is 0.221 e. The fourth-order valence-corrected chi connectivity index (χ4v) is 0.876. The molecule has 0 bridgehead atoms. The normalized spacial score (nSPS) is 10.0. The van der Waals surface area contributed by atoms with Gasteiger partial charge in [0.15, 0.2) is 5.82 Å². The van der Waals surface area contributed by atoms with Crippen molar-refractivity contribution in [2.45, 2.75) is 19.5 Å². The Hall–Kier alpha value is -1.43. The van der Waals surface area contributed by atoms with Gasteiger partial charge >= 0.3 is 0 Å². The number of nitrogens with zero attached hydrogens (tertiary/aromatic N) is 3. The van der Waals surface area contributed by atoms with E-state index in [1.54, 1.807) is 18.1 Å². The minimum atomic E-state index is -0.00945. The highest BCUT2D eigenvalue weighted by atomic mass is 16.1. The largest absolute Gasteiger partial charge is 0.359 e. The van der Waals surface area contributed by atoms with E-state index in [2.05, 4.69) is 15.4 Å². The van der Waals surface area contributed by atoms with E-state index in [0.717, 1.165) is 0 Å². The maximum absolute atomic E-state index is 10.9. The number of nitrogens with two attached hydrogens (primary N) is 1. The Morgan fingerprint density at radius 3 is 3.08 bits per heavy atom. The fourth-order valence-electron chi connectivity index (χ4n) is 0.876. The molecule has 0 spiro atoms. The Morgan fingerprint density at radius 1 is 1.77 bits per heavy atom. The van der Waals surface area contributed by atoms with Gasteiger partial charge in [0.2, 0.25) is 5.91 Å². The van der Waals surface area contributed by atoms with Crippen LogP contribution in [0.4, 0.5) is 0 Å². The van der Waals surface area contributed by atoms with Crippen LogP contribution in [0.25, 0.3) is 0 Å². The molecule has 0 saturated carbocycles. The van der Waals surface area contributed by atoms with Crippen LogP contribution in [0.15, 0.2) is 6.33 Å². The highest BCUT2D eigenvalue weighted by molar-refractivity contribution is 5.75. The van der Waals surface area contributed by atoms with Gasteiger partial charge < -0.3 is 11.1 Å². The summed E-state index contributed by atoms with van der Waals surface area (Å²) in [6.07, 6.45) is 1.98. The van der Waals surface area contributed by atoms with Crippen LogP contribution in [-0.4, -0.2) is 27.7 Å². The first-order valence-corrected chi connectivity index (χ1v) is 4.05. The van der Waals surface area contributed by atoms with E-state index in [4.69, 9.17) is 5.73 Å². The second-order valence-corrected chi connectivity index (χ2v) is 2.55. The number of rotatable bonds is 4. The van der Waals surface area contributed by atoms with Gasteiger partial charge in [-0.3, -0.25) is 9.48 Å². The molecule has 0 unspecified atom stereocenters. The highest BCUT2D eigenvalue weighted by Gasteiger charge is 2.01. The van der Waals surface area contributed by atoms with Crippen molar-refractivity contribution in [3.05, 3.63) is 12.2 Å². The number of amides is 1. The molecule has 13 heavy (non-hydrogen) atoms. The fraction of sp³-hybridized carbons (Fsp3) is 0.571. The summed E-state index contributed by atoms with van der Waals surface area (Å²) >= 11 is 0. The molecule has 0 aliphatic rings. The Balaban J connectivity index is 2.41. The zero-order valence-corrected chi connectivity index (χ0v) is 7.53. The van der Waals surface area contributed by atoms with Crippen molar-refractivity contribution < 1.29 is 4.79 Å². The van der Waals surface area contributed by atoms with Crippen LogP contribution in [-0.2, 0) is 17.9 Å². The van der Waals surface area contributed by atoms with Crippen LogP contribution < -0.4 is 11.1 Å². The molecule has 6 nitrogen and oxygen atoms in total. The summed E-state index contributed by atoms with van der Waals surface area (Å²) < 4.78 is 1.61. The van der Waals surface area contributed by atoms with Gasteiger partial charge in [0.1, 0.15) is 6.33 Å². The standard InChI is InChI=1S/C7H13N5O/c1-9-7(13)2-3-12-5-10-6(4-8)11-12/h5H,2-4,8H2,1H3,(H,9,13). The Morgan fingerprint density at radius 2 is 2.54 bits per heavy atom. The molecular formula is C7H13N5O. The Bertz CT molecular complexity index is 282. The van der Waals surface area contributed by atoms with E-state index in [9.17, 15) is 4.79 Å². The van der Waals surface area contributed by atoms with Crippen LogP contribution in [0, 0.1) is 0 Å². The van der Waals surface area contributed by atoms with E-state index < -0.39 is 0 Å². The highest BCUT2D eigenvalue weighted by Crippen LogP contribution is 1.90. The summed E-state index contributed by atoms with van der Waals surface area (Å²) in [6, 6.07) is 0. The SMILES string of the molecule is CNC(=O)CCn1cnc(CN)n1. The minimum Gasteiger partial charge on any atom is -0.359 e. The first-order valence-electron chi connectivity index (χ1n) is 4.05. The van der Waals surface area contributed by atoms with Gasteiger partial charge in [-0.2, -0.15) is 5.10 Å².